The third kappa shape index (κ3) is 2.96. The number of unbranched alkanes of at least 4 members (excludes halogenated alkanes) is 1. The van der Waals surface area contributed by atoms with Gasteiger partial charge in [0.25, 0.3) is 5.91 Å². The van der Waals surface area contributed by atoms with Gasteiger partial charge in [0.05, 0.1) is 12.8 Å². The molecule has 0 unspecified atom stereocenters. The zero-order valence-corrected chi connectivity index (χ0v) is 9.44. The highest BCUT2D eigenvalue weighted by Gasteiger charge is 2.18. The Bertz CT molecular complexity index is 337. The Hall–Kier alpha value is -1.56. The third-order valence-electron chi connectivity index (χ3n) is 2.34. The van der Waals surface area contributed by atoms with Crippen LogP contribution >= 0.6 is 0 Å². The Morgan fingerprint density at radius 1 is 1.62 bits per heavy atom. The van der Waals surface area contributed by atoms with Crippen LogP contribution in [0, 0.1) is 0 Å². The minimum absolute atomic E-state index is 0.0484. The normalized spacial score (nSPS) is 10.4. The van der Waals surface area contributed by atoms with Gasteiger partial charge in [0, 0.05) is 13.1 Å². The van der Waals surface area contributed by atoms with Gasteiger partial charge >= 0.3 is 0 Å². The number of aromatic nitrogens is 2. The van der Waals surface area contributed by atoms with Gasteiger partial charge in [-0.3, -0.25) is 9.89 Å². The molecule has 0 saturated heterocycles. The molecule has 1 heterocycles. The lowest BCUT2D eigenvalue weighted by Gasteiger charge is -2.20. The van der Waals surface area contributed by atoms with Gasteiger partial charge in [0.1, 0.15) is 11.4 Å². The molecule has 0 fully saturated rings. The summed E-state index contributed by atoms with van der Waals surface area (Å²) < 4.78 is 0. The van der Waals surface area contributed by atoms with E-state index in [0.29, 0.717) is 18.7 Å². The number of hydrogen-bond acceptors (Lipinski definition) is 4. The van der Waals surface area contributed by atoms with Crippen LogP contribution in [0.2, 0.25) is 0 Å². The predicted octanol–water partition coefficient (Wildman–Crippen LogP) is 0.227. The highest BCUT2D eigenvalue weighted by atomic mass is 16.3. The van der Waals surface area contributed by atoms with E-state index in [4.69, 9.17) is 10.8 Å². The number of aliphatic hydroxyl groups is 1. The van der Waals surface area contributed by atoms with Gasteiger partial charge in [0.2, 0.25) is 0 Å². The first-order valence-corrected chi connectivity index (χ1v) is 5.39. The van der Waals surface area contributed by atoms with E-state index >= 15 is 0 Å². The van der Waals surface area contributed by atoms with Crippen molar-refractivity contribution in [1.29, 1.82) is 0 Å². The molecule has 0 saturated carbocycles. The van der Waals surface area contributed by atoms with E-state index < -0.39 is 0 Å². The summed E-state index contributed by atoms with van der Waals surface area (Å²) >= 11 is 0. The standard InChI is InChI=1S/C10H18N4O2/c1-2-3-4-14(5-6-15)10(16)8-7-12-13-9(8)11/h7,15H,2-6H2,1H3,(H3,11,12,13). The van der Waals surface area contributed by atoms with Gasteiger partial charge in [-0.05, 0) is 6.42 Å². The molecular weight excluding hydrogens is 208 g/mol. The molecule has 6 nitrogen and oxygen atoms in total. The summed E-state index contributed by atoms with van der Waals surface area (Å²) in [5.74, 6) is 0.0817. The van der Waals surface area contributed by atoms with Crippen LogP contribution in [0.1, 0.15) is 30.1 Å². The fourth-order valence-corrected chi connectivity index (χ4v) is 1.42. The maximum Gasteiger partial charge on any atom is 0.259 e. The zero-order chi connectivity index (χ0) is 12.0. The fourth-order valence-electron chi connectivity index (χ4n) is 1.42. The second kappa shape index (κ2) is 6.12. The molecule has 0 aromatic carbocycles. The molecule has 0 radical (unpaired) electrons. The first-order valence-electron chi connectivity index (χ1n) is 5.39. The van der Waals surface area contributed by atoms with Gasteiger partial charge in [-0.15, -0.1) is 0 Å². The van der Waals surface area contributed by atoms with E-state index in [1.807, 2.05) is 6.92 Å². The SMILES string of the molecule is CCCCN(CCO)C(=O)c1cn[nH]c1N. The number of H-pyrrole nitrogens is 1. The van der Waals surface area contributed by atoms with E-state index in [9.17, 15) is 4.79 Å². The second-order valence-electron chi connectivity index (χ2n) is 3.57. The Balaban J connectivity index is 2.70. The summed E-state index contributed by atoms with van der Waals surface area (Å²) in [6.45, 7) is 2.95. The predicted molar refractivity (Wildman–Crippen MR) is 60.9 cm³/mol. The maximum atomic E-state index is 12.0. The first-order chi connectivity index (χ1) is 7.70. The second-order valence-corrected chi connectivity index (χ2v) is 3.57. The lowest BCUT2D eigenvalue weighted by Crippen LogP contribution is -2.34. The average Bonchev–Trinajstić information content (AvgIpc) is 2.69. The highest BCUT2D eigenvalue weighted by Crippen LogP contribution is 2.10. The molecule has 0 bridgehead atoms. The Morgan fingerprint density at radius 2 is 2.38 bits per heavy atom. The quantitative estimate of drug-likeness (QED) is 0.647. The summed E-state index contributed by atoms with van der Waals surface area (Å²) in [4.78, 5) is 13.6. The number of nitrogens with two attached hydrogens (primary N) is 1. The third-order valence-corrected chi connectivity index (χ3v) is 2.34. The van der Waals surface area contributed by atoms with Gasteiger partial charge in [-0.25, -0.2) is 0 Å². The molecule has 1 aromatic rings. The van der Waals surface area contributed by atoms with Gasteiger partial charge in [-0.1, -0.05) is 13.3 Å². The van der Waals surface area contributed by atoms with Crippen molar-refractivity contribution in [3.05, 3.63) is 11.8 Å². The van der Waals surface area contributed by atoms with Crippen LogP contribution < -0.4 is 5.73 Å². The van der Waals surface area contributed by atoms with Crippen LogP contribution in [0.5, 0.6) is 0 Å². The molecule has 0 aliphatic rings. The molecule has 90 valence electrons. The van der Waals surface area contributed by atoms with Crippen LogP contribution in [-0.2, 0) is 0 Å². The fraction of sp³-hybridized carbons (Fsp3) is 0.600. The van der Waals surface area contributed by atoms with Crippen LogP contribution in [0.4, 0.5) is 5.82 Å². The first kappa shape index (κ1) is 12.5. The zero-order valence-electron chi connectivity index (χ0n) is 9.44. The Kier molecular flexibility index (Phi) is 4.78. The van der Waals surface area contributed by atoms with E-state index in [0.717, 1.165) is 12.8 Å². The van der Waals surface area contributed by atoms with Crippen LogP contribution in [0.15, 0.2) is 6.20 Å². The molecule has 16 heavy (non-hydrogen) atoms. The van der Waals surface area contributed by atoms with Crippen molar-refractivity contribution in [2.75, 3.05) is 25.4 Å². The molecule has 1 rings (SSSR count). The Labute approximate surface area is 94.4 Å². The molecule has 1 aromatic heterocycles. The minimum atomic E-state index is -0.186. The maximum absolute atomic E-state index is 12.0. The number of aromatic amines is 1. The average molecular weight is 226 g/mol. The number of carbonyl (C=O) groups is 1. The van der Waals surface area contributed by atoms with Gasteiger partial charge in [0.15, 0.2) is 0 Å². The smallest absolute Gasteiger partial charge is 0.259 e. The summed E-state index contributed by atoms with van der Waals surface area (Å²) in [6.07, 6.45) is 3.31. The van der Waals surface area contributed by atoms with Gasteiger partial charge < -0.3 is 15.7 Å². The molecule has 0 aliphatic heterocycles. The summed E-state index contributed by atoms with van der Waals surface area (Å²) in [7, 11) is 0. The number of rotatable bonds is 6. The molecule has 1 amide bonds. The van der Waals surface area contributed by atoms with E-state index in [1.54, 1.807) is 4.90 Å². The summed E-state index contributed by atoms with van der Waals surface area (Å²) in [6, 6.07) is 0. The summed E-state index contributed by atoms with van der Waals surface area (Å²) in [5, 5.41) is 15.1. The van der Waals surface area contributed by atoms with Crippen molar-refractivity contribution in [1.82, 2.24) is 15.1 Å². The summed E-state index contributed by atoms with van der Waals surface area (Å²) in [5.41, 5.74) is 5.94. The number of anilines is 1. The lowest BCUT2D eigenvalue weighted by atomic mass is 10.2. The molecule has 6 heteroatoms. The monoisotopic (exact) mass is 226 g/mol. The number of nitrogens with one attached hydrogen (secondary N) is 1. The van der Waals surface area contributed by atoms with Crippen LogP contribution in [-0.4, -0.2) is 45.8 Å². The minimum Gasteiger partial charge on any atom is -0.395 e. The topological polar surface area (TPSA) is 95.2 Å². The Morgan fingerprint density at radius 3 is 2.88 bits per heavy atom. The largest absolute Gasteiger partial charge is 0.395 e. The van der Waals surface area contributed by atoms with Crippen molar-refractivity contribution >= 4 is 11.7 Å². The van der Waals surface area contributed by atoms with Crippen molar-refractivity contribution in [3.63, 3.8) is 0 Å². The molecule has 0 atom stereocenters. The van der Waals surface area contributed by atoms with Crippen LogP contribution in [0.25, 0.3) is 0 Å². The van der Waals surface area contributed by atoms with Crippen LogP contribution in [0.3, 0.4) is 0 Å². The molecule has 0 aliphatic carbocycles. The number of nitrogen functional groups attached to an aromatic ring is 1. The van der Waals surface area contributed by atoms with E-state index in [1.165, 1.54) is 6.20 Å². The number of hydrogen-bond donors (Lipinski definition) is 3. The molecular formula is C10H18N4O2. The van der Waals surface area contributed by atoms with E-state index in [2.05, 4.69) is 10.2 Å². The molecule has 0 spiro atoms. The lowest BCUT2D eigenvalue weighted by molar-refractivity contribution is 0.0720. The number of carbonyl (C=O) groups excluding carboxylic acids is 1. The van der Waals surface area contributed by atoms with Crippen molar-refractivity contribution < 1.29 is 9.90 Å². The van der Waals surface area contributed by atoms with E-state index in [-0.39, 0.29) is 18.3 Å². The highest BCUT2D eigenvalue weighted by molar-refractivity contribution is 5.98. The number of nitrogens with zero attached hydrogens (tertiary/aromatic N) is 2. The number of amides is 1. The van der Waals surface area contributed by atoms with Crippen molar-refractivity contribution in [3.8, 4) is 0 Å². The number of aliphatic hydroxyl groups excluding tert-OH is 1. The molecule has 4 N–H and O–H groups in total. The van der Waals surface area contributed by atoms with Gasteiger partial charge in [-0.2, -0.15) is 5.10 Å². The van der Waals surface area contributed by atoms with Crippen molar-refractivity contribution in [2.24, 2.45) is 0 Å². The van der Waals surface area contributed by atoms with Crippen molar-refractivity contribution in [2.45, 2.75) is 19.8 Å².